The molecule has 0 aromatic heterocycles. The van der Waals surface area contributed by atoms with Crippen molar-refractivity contribution in [3.63, 3.8) is 0 Å². The smallest absolute Gasteiger partial charge is 0.293 e. The van der Waals surface area contributed by atoms with Crippen molar-refractivity contribution >= 4 is 51.6 Å². The lowest BCUT2D eigenvalue weighted by Gasteiger charge is -2.14. The van der Waals surface area contributed by atoms with E-state index in [1.165, 1.54) is 4.90 Å². The van der Waals surface area contributed by atoms with Gasteiger partial charge in [0.1, 0.15) is 6.61 Å². The van der Waals surface area contributed by atoms with Crippen LogP contribution >= 0.6 is 34.4 Å². The molecule has 33 heavy (non-hydrogen) atoms. The zero-order valence-electron chi connectivity index (χ0n) is 18.0. The Morgan fingerprint density at radius 3 is 2.30 bits per heavy atom. The molecule has 2 amide bonds. The number of rotatable bonds is 8. The Balaban J connectivity index is 1.49. The molecule has 0 unspecified atom stereocenters. The van der Waals surface area contributed by atoms with Gasteiger partial charge in [-0.2, -0.15) is 0 Å². The highest BCUT2D eigenvalue weighted by Crippen LogP contribution is 2.37. The number of hydrogen-bond acceptors (Lipinski definition) is 5. The monoisotopic (exact) mass is 571 g/mol. The van der Waals surface area contributed by atoms with E-state index < -0.39 is 0 Å². The van der Waals surface area contributed by atoms with Crippen LogP contribution in [0.3, 0.4) is 0 Å². The molecule has 0 bridgehead atoms. The zero-order chi connectivity index (χ0) is 23.2. The van der Waals surface area contributed by atoms with Crippen LogP contribution in [0.15, 0.2) is 77.7 Å². The first-order valence-electron chi connectivity index (χ1n) is 10.4. The van der Waals surface area contributed by atoms with Gasteiger partial charge < -0.3 is 9.47 Å². The number of hydrogen-bond donors (Lipinski definition) is 0. The molecule has 5 nitrogen and oxygen atoms in total. The Morgan fingerprint density at radius 1 is 0.970 bits per heavy atom. The SMILES string of the molecule is COc1cc(/C=C2/SC(=O)N(CCc3ccccc3)C2=O)cc(I)c1OCc1ccccc1. The number of amides is 2. The fourth-order valence-corrected chi connectivity index (χ4v) is 5.07. The van der Waals surface area contributed by atoms with Gasteiger partial charge in [-0.1, -0.05) is 60.7 Å². The summed E-state index contributed by atoms with van der Waals surface area (Å²) in [6.07, 6.45) is 2.37. The van der Waals surface area contributed by atoms with Crippen molar-refractivity contribution in [2.45, 2.75) is 13.0 Å². The number of carbonyl (C=O) groups excluding carboxylic acids is 2. The van der Waals surface area contributed by atoms with Gasteiger partial charge in [-0.15, -0.1) is 0 Å². The van der Waals surface area contributed by atoms with E-state index in [1.807, 2.05) is 72.8 Å². The summed E-state index contributed by atoms with van der Waals surface area (Å²) >= 11 is 3.16. The molecule has 0 spiro atoms. The molecule has 7 heteroatoms. The summed E-state index contributed by atoms with van der Waals surface area (Å²) in [5.41, 5.74) is 2.92. The van der Waals surface area contributed by atoms with Crippen molar-refractivity contribution in [1.29, 1.82) is 0 Å². The molecular formula is C26H22INO4S. The molecule has 3 aromatic carbocycles. The first kappa shape index (κ1) is 23.4. The third kappa shape index (κ3) is 5.78. The molecule has 0 saturated carbocycles. The minimum Gasteiger partial charge on any atom is -0.493 e. The molecule has 3 aromatic rings. The Labute approximate surface area is 210 Å². The van der Waals surface area contributed by atoms with Gasteiger partial charge in [-0.3, -0.25) is 14.5 Å². The van der Waals surface area contributed by atoms with Crippen molar-refractivity contribution < 1.29 is 19.1 Å². The highest BCUT2D eigenvalue weighted by atomic mass is 127. The molecule has 1 fully saturated rings. The minimum absolute atomic E-state index is 0.244. The predicted octanol–water partition coefficient (Wildman–Crippen LogP) is 6.16. The summed E-state index contributed by atoms with van der Waals surface area (Å²) in [7, 11) is 1.59. The fraction of sp³-hybridized carbons (Fsp3) is 0.154. The second-order valence-electron chi connectivity index (χ2n) is 7.38. The Morgan fingerprint density at radius 2 is 1.64 bits per heavy atom. The number of halogens is 1. The minimum atomic E-state index is -0.265. The maximum absolute atomic E-state index is 12.9. The molecule has 4 rings (SSSR count). The van der Waals surface area contributed by atoms with E-state index in [-0.39, 0.29) is 11.1 Å². The van der Waals surface area contributed by atoms with Gasteiger partial charge in [0.2, 0.25) is 0 Å². The number of benzene rings is 3. The second kappa shape index (κ2) is 10.9. The molecule has 1 aliphatic rings. The largest absolute Gasteiger partial charge is 0.493 e. The average molecular weight is 571 g/mol. The van der Waals surface area contributed by atoms with Crippen LogP contribution in [0.25, 0.3) is 6.08 Å². The lowest BCUT2D eigenvalue weighted by atomic mass is 10.1. The van der Waals surface area contributed by atoms with Gasteiger partial charge in [0.05, 0.1) is 15.6 Å². The van der Waals surface area contributed by atoms with Crippen molar-refractivity contribution in [2.24, 2.45) is 0 Å². The first-order chi connectivity index (χ1) is 16.0. The van der Waals surface area contributed by atoms with Gasteiger partial charge >= 0.3 is 0 Å². The van der Waals surface area contributed by atoms with E-state index in [4.69, 9.17) is 9.47 Å². The van der Waals surface area contributed by atoms with Crippen LogP contribution in [-0.4, -0.2) is 29.7 Å². The maximum atomic E-state index is 12.9. The van der Waals surface area contributed by atoms with E-state index >= 15 is 0 Å². The second-order valence-corrected chi connectivity index (χ2v) is 9.53. The molecule has 0 radical (unpaired) electrons. The summed E-state index contributed by atoms with van der Waals surface area (Å²) in [6, 6.07) is 23.5. The summed E-state index contributed by atoms with van der Waals surface area (Å²) < 4.78 is 12.4. The summed E-state index contributed by atoms with van der Waals surface area (Å²) in [6.45, 7) is 0.784. The molecular weight excluding hydrogens is 549 g/mol. The van der Waals surface area contributed by atoms with E-state index in [2.05, 4.69) is 22.6 Å². The molecule has 0 atom stereocenters. The lowest BCUT2D eigenvalue weighted by molar-refractivity contribution is -0.122. The van der Waals surface area contributed by atoms with Crippen molar-refractivity contribution in [3.05, 3.63) is 98.0 Å². The van der Waals surface area contributed by atoms with Crippen LogP contribution in [-0.2, 0) is 17.8 Å². The van der Waals surface area contributed by atoms with Crippen molar-refractivity contribution in [3.8, 4) is 11.5 Å². The summed E-state index contributed by atoms with van der Waals surface area (Å²) in [5, 5.41) is -0.244. The van der Waals surface area contributed by atoms with Gasteiger partial charge in [-0.05, 0) is 75.7 Å². The molecule has 0 aliphatic carbocycles. The molecule has 1 aliphatic heterocycles. The lowest BCUT2D eigenvalue weighted by Crippen LogP contribution is -2.30. The summed E-state index contributed by atoms with van der Waals surface area (Å²) in [5.74, 6) is 0.960. The number of thioether (sulfide) groups is 1. The number of carbonyl (C=O) groups is 2. The highest BCUT2D eigenvalue weighted by Gasteiger charge is 2.34. The quantitative estimate of drug-likeness (QED) is 0.240. The van der Waals surface area contributed by atoms with Crippen LogP contribution in [0.1, 0.15) is 16.7 Å². The van der Waals surface area contributed by atoms with E-state index in [1.54, 1.807) is 13.2 Å². The van der Waals surface area contributed by atoms with Crippen LogP contribution in [0.4, 0.5) is 4.79 Å². The van der Waals surface area contributed by atoms with Crippen molar-refractivity contribution in [2.75, 3.05) is 13.7 Å². The van der Waals surface area contributed by atoms with Gasteiger partial charge in [0, 0.05) is 6.54 Å². The first-order valence-corrected chi connectivity index (χ1v) is 12.3. The Hall–Kier alpha value is -2.78. The van der Waals surface area contributed by atoms with E-state index in [0.29, 0.717) is 36.0 Å². The fourth-order valence-electron chi connectivity index (χ4n) is 3.42. The van der Waals surface area contributed by atoms with E-state index in [9.17, 15) is 9.59 Å². The van der Waals surface area contributed by atoms with Gasteiger partial charge in [0.15, 0.2) is 11.5 Å². The third-order valence-corrected chi connectivity index (χ3v) is 6.82. The number of ether oxygens (including phenoxy) is 2. The Kier molecular flexibility index (Phi) is 7.72. The van der Waals surface area contributed by atoms with Crippen LogP contribution in [0, 0.1) is 3.57 Å². The molecule has 1 saturated heterocycles. The average Bonchev–Trinajstić information content (AvgIpc) is 3.10. The van der Waals surface area contributed by atoms with Crippen LogP contribution in [0.5, 0.6) is 11.5 Å². The van der Waals surface area contributed by atoms with Crippen molar-refractivity contribution in [1.82, 2.24) is 4.90 Å². The zero-order valence-corrected chi connectivity index (χ0v) is 21.0. The third-order valence-electron chi connectivity index (χ3n) is 5.12. The van der Waals surface area contributed by atoms with Gasteiger partial charge in [0.25, 0.3) is 11.1 Å². The maximum Gasteiger partial charge on any atom is 0.293 e. The standard InChI is InChI=1S/C26H22INO4S/c1-31-22-15-20(14-21(27)24(22)32-17-19-10-6-3-7-11-19)16-23-25(29)28(26(30)33-23)13-12-18-8-4-2-5-9-18/h2-11,14-16H,12-13,17H2,1H3/b23-16+. The van der Waals surface area contributed by atoms with Gasteiger partial charge in [-0.25, -0.2) is 0 Å². The normalized spacial score (nSPS) is 14.7. The molecule has 168 valence electrons. The summed E-state index contributed by atoms with van der Waals surface area (Å²) in [4.78, 5) is 27.0. The number of imide groups is 1. The predicted molar refractivity (Wildman–Crippen MR) is 139 cm³/mol. The Bertz CT molecular complexity index is 1180. The molecule has 1 heterocycles. The van der Waals surface area contributed by atoms with E-state index in [0.717, 1.165) is 32.0 Å². The van der Waals surface area contributed by atoms with Crippen LogP contribution < -0.4 is 9.47 Å². The number of nitrogens with zero attached hydrogens (tertiary/aromatic N) is 1. The number of methoxy groups -OCH3 is 1. The highest BCUT2D eigenvalue weighted by molar-refractivity contribution is 14.1. The molecule has 0 N–H and O–H groups in total. The van der Waals surface area contributed by atoms with Crippen LogP contribution in [0.2, 0.25) is 0 Å². The topological polar surface area (TPSA) is 55.8 Å².